The van der Waals surface area contributed by atoms with Crippen LogP contribution in [0.5, 0.6) is 17.2 Å². The van der Waals surface area contributed by atoms with Gasteiger partial charge in [0.25, 0.3) is 0 Å². The summed E-state index contributed by atoms with van der Waals surface area (Å²) in [6, 6.07) is 10.5. The van der Waals surface area contributed by atoms with Gasteiger partial charge in [-0.3, -0.25) is 4.99 Å². The number of rotatable bonds is 9. The van der Waals surface area contributed by atoms with Gasteiger partial charge in [-0.2, -0.15) is 0 Å². The maximum atomic E-state index is 5.55. The van der Waals surface area contributed by atoms with Gasteiger partial charge in [0, 0.05) is 25.7 Å². The second-order valence-corrected chi connectivity index (χ2v) is 6.92. The van der Waals surface area contributed by atoms with Crippen LogP contribution in [0.25, 0.3) is 0 Å². The quantitative estimate of drug-likeness (QED) is 0.294. The highest BCUT2D eigenvalue weighted by Gasteiger charge is 2.15. The lowest BCUT2D eigenvalue weighted by atomic mass is 10.1. The number of nitrogens with zero attached hydrogens (tertiary/aromatic N) is 1. The number of hydrogen-bond acceptors (Lipinski definition) is 4. The van der Waals surface area contributed by atoms with Crippen LogP contribution in [0.4, 0.5) is 0 Å². The summed E-state index contributed by atoms with van der Waals surface area (Å²) in [7, 11) is 6.65. The largest absolute Gasteiger partial charge is 0.493 e. The zero-order chi connectivity index (χ0) is 21.2. The van der Waals surface area contributed by atoms with Gasteiger partial charge < -0.3 is 24.8 Å². The topological polar surface area (TPSA) is 64.1 Å². The van der Waals surface area contributed by atoms with Gasteiger partial charge in [0.1, 0.15) is 0 Å². The van der Waals surface area contributed by atoms with E-state index in [4.69, 9.17) is 14.2 Å². The van der Waals surface area contributed by atoms with Gasteiger partial charge in [-0.1, -0.05) is 35.4 Å². The van der Waals surface area contributed by atoms with Gasteiger partial charge in [0.05, 0.1) is 21.3 Å². The Bertz CT molecular complexity index is 820. The third-order valence-electron chi connectivity index (χ3n) is 4.68. The molecule has 166 valence electrons. The summed E-state index contributed by atoms with van der Waals surface area (Å²) in [5, 5.41) is 6.73. The van der Waals surface area contributed by atoms with E-state index in [1.807, 2.05) is 12.1 Å². The minimum absolute atomic E-state index is 0. The lowest BCUT2D eigenvalue weighted by Gasteiger charge is -2.16. The molecule has 0 saturated heterocycles. The van der Waals surface area contributed by atoms with Crippen molar-refractivity contribution in [3.63, 3.8) is 0 Å². The predicted octanol–water partition coefficient (Wildman–Crippen LogP) is 3.90. The summed E-state index contributed by atoms with van der Waals surface area (Å²) in [4.78, 5) is 4.31. The van der Waals surface area contributed by atoms with Gasteiger partial charge in [0.2, 0.25) is 5.75 Å². The molecule has 2 aromatic carbocycles. The van der Waals surface area contributed by atoms with E-state index in [-0.39, 0.29) is 24.0 Å². The van der Waals surface area contributed by atoms with Crippen molar-refractivity contribution < 1.29 is 14.2 Å². The van der Waals surface area contributed by atoms with Crippen LogP contribution in [0, 0.1) is 13.8 Å². The number of ether oxygens (including phenoxy) is 3. The molecule has 0 aliphatic rings. The van der Waals surface area contributed by atoms with E-state index in [2.05, 4.69) is 47.7 Å². The SMILES string of the molecule is CN=C(NCCc1cc(C)cc(C)c1)NCCc1ccc(OC)c(OC)c1OC.I. The average molecular weight is 527 g/mol. The summed E-state index contributed by atoms with van der Waals surface area (Å²) >= 11 is 0. The molecule has 2 rings (SSSR count). The van der Waals surface area contributed by atoms with Gasteiger partial charge in [-0.05, 0) is 38.3 Å². The molecular weight excluding hydrogens is 493 g/mol. The molecule has 0 bridgehead atoms. The number of aliphatic imine (C=N–C) groups is 1. The number of guanidine groups is 1. The summed E-state index contributed by atoms with van der Waals surface area (Å²) in [6.07, 6.45) is 1.72. The van der Waals surface area contributed by atoms with Gasteiger partial charge >= 0.3 is 0 Å². The standard InChI is InChI=1S/C23H33N3O3.HI/c1-16-13-17(2)15-18(14-16)9-11-25-23(24-3)26-12-10-19-7-8-20(27-4)22(29-6)21(19)28-5;/h7-8,13-15H,9-12H2,1-6H3,(H2,24,25,26);1H. The summed E-state index contributed by atoms with van der Waals surface area (Å²) < 4.78 is 16.3. The minimum Gasteiger partial charge on any atom is -0.493 e. The molecule has 0 aromatic heterocycles. The summed E-state index contributed by atoms with van der Waals surface area (Å²) in [5.74, 6) is 2.76. The zero-order valence-corrected chi connectivity index (χ0v) is 21.1. The average Bonchev–Trinajstić information content (AvgIpc) is 2.71. The molecule has 30 heavy (non-hydrogen) atoms. The Morgan fingerprint density at radius 3 is 1.97 bits per heavy atom. The number of hydrogen-bond donors (Lipinski definition) is 2. The van der Waals surface area contributed by atoms with Crippen molar-refractivity contribution in [2.24, 2.45) is 4.99 Å². The fourth-order valence-corrected chi connectivity index (χ4v) is 3.43. The first-order valence-corrected chi connectivity index (χ1v) is 9.81. The first kappa shape index (κ1) is 25.9. The molecule has 0 amide bonds. The van der Waals surface area contributed by atoms with Crippen molar-refractivity contribution in [2.75, 3.05) is 41.5 Å². The Hall–Kier alpha value is -2.16. The van der Waals surface area contributed by atoms with Crippen molar-refractivity contribution in [1.29, 1.82) is 0 Å². The van der Waals surface area contributed by atoms with Crippen LogP contribution < -0.4 is 24.8 Å². The van der Waals surface area contributed by atoms with Crippen molar-refractivity contribution in [2.45, 2.75) is 26.7 Å². The molecule has 7 heteroatoms. The Kier molecular flexibility index (Phi) is 11.4. The van der Waals surface area contributed by atoms with Crippen LogP contribution in [0.3, 0.4) is 0 Å². The van der Waals surface area contributed by atoms with Crippen LogP contribution in [-0.4, -0.2) is 47.4 Å². The third kappa shape index (κ3) is 7.27. The fraction of sp³-hybridized carbons (Fsp3) is 0.435. The van der Waals surface area contributed by atoms with Crippen LogP contribution in [0.1, 0.15) is 22.3 Å². The molecular formula is C23H34IN3O3. The lowest BCUT2D eigenvalue weighted by Crippen LogP contribution is -2.39. The van der Waals surface area contributed by atoms with Crippen molar-refractivity contribution >= 4 is 29.9 Å². The fourth-order valence-electron chi connectivity index (χ4n) is 3.43. The highest BCUT2D eigenvalue weighted by atomic mass is 127. The molecule has 0 aliphatic heterocycles. The molecule has 0 unspecified atom stereocenters. The second kappa shape index (κ2) is 13.2. The third-order valence-corrected chi connectivity index (χ3v) is 4.68. The molecule has 0 fully saturated rings. The van der Waals surface area contributed by atoms with E-state index in [0.29, 0.717) is 17.2 Å². The van der Waals surface area contributed by atoms with E-state index in [9.17, 15) is 0 Å². The molecule has 0 aliphatic carbocycles. The van der Waals surface area contributed by atoms with Gasteiger partial charge in [-0.15, -0.1) is 24.0 Å². The smallest absolute Gasteiger partial charge is 0.203 e. The molecule has 2 aromatic rings. The van der Waals surface area contributed by atoms with E-state index in [1.54, 1.807) is 28.4 Å². The Balaban J connectivity index is 0.00000450. The first-order chi connectivity index (χ1) is 14.0. The Labute approximate surface area is 197 Å². The summed E-state index contributed by atoms with van der Waals surface area (Å²) in [6.45, 7) is 5.80. The molecule has 6 nitrogen and oxygen atoms in total. The number of nitrogens with one attached hydrogen (secondary N) is 2. The maximum absolute atomic E-state index is 5.55. The molecule has 0 saturated carbocycles. The highest BCUT2D eigenvalue weighted by molar-refractivity contribution is 14.0. The van der Waals surface area contributed by atoms with Crippen molar-refractivity contribution in [3.05, 3.63) is 52.6 Å². The van der Waals surface area contributed by atoms with Crippen molar-refractivity contribution in [3.8, 4) is 17.2 Å². The molecule has 2 N–H and O–H groups in total. The number of benzene rings is 2. The maximum Gasteiger partial charge on any atom is 0.203 e. The van der Waals surface area contributed by atoms with Crippen LogP contribution in [-0.2, 0) is 12.8 Å². The summed E-state index contributed by atoms with van der Waals surface area (Å²) in [5.41, 5.74) is 4.97. The lowest BCUT2D eigenvalue weighted by molar-refractivity contribution is 0.322. The van der Waals surface area contributed by atoms with Gasteiger partial charge in [-0.25, -0.2) is 0 Å². The van der Waals surface area contributed by atoms with E-state index < -0.39 is 0 Å². The molecule has 0 heterocycles. The van der Waals surface area contributed by atoms with Crippen LogP contribution in [0.15, 0.2) is 35.3 Å². The van der Waals surface area contributed by atoms with E-state index in [0.717, 1.165) is 37.5 Å². The van der Waals surface area contributed by atoms with Gasteiger partial charge in [0.15, 0.2) is 17.5 Å². The molecule has 0 radical (unpaired) electrons. The van der Waals surface area contributed by atoms with Crippen LogP contribution >= 0.6 is 24.0 Å². The monoisotopic (exact) mass is 527 g/mol. The predicted molar refractivity (Wildman–Crippen MR) is 134 cm³/mol. The number of methoxy groups -OCH3 is 3. The second-order valence-electron chi connectivity index (χ2n) is 6.92. The Morgan fingerprint density at radius 1 is 0.833 bits per heavy atom. The molecule has 0 spiro atoms. The zero-order valence-electron chi connectivity index (χ0n) is 18.8. The Morgan fingerprint density at radius 2 is 1.43 bits per heavy atom. The minimum atomic E-state index is 0. The number of halogens is 1. The molecule has 0 atom stereocenters. The first-order valence-electron chi connectivity index (χ1n) is 9.81. The van der Waals surface area contributed by atoms with Crippen LogP contribution in [0.2, 0.25) is 0 Å². The highest BCUT2D eigenvalue weighted by Crippen LogP contribution is 2.39. The number of aryl methyl sites for hydroxylation is 2. The normalized spacial score (nSPS) is 10.8. The van der Waals surface area contributed by atoms with E-state index in [1.165, 1.54) is 16.7 Å². The van der Waals surface area contributed by atoms with Crippen molar-refractivity contribution in [1.82, 2.24) is 10.6 Å². The van der Waals surface area contributed by atoms with E-state index >= 15 is 0 Å².